The van der Waals surface area contributed by atoms with Crippen LogP contribution in [0.25, 0.3) is 22.3 Å². The molecule has 31 heavy (non-hydrogen) atoms. The summed E-state index contributed by atoms with van der Waals surface area (Å²) in [6, 6.07) is 4.25. The molecule has 1 fully saturated rings. The Hall–Kier alpha value is -2.29. The van der Waals surface area contributed by atoms with Crippen LogP contribution >= 0.6 is 11.3 Å². The molecular formula is C23H31N5O2S. The number of rotatable bonds is 6. The molecule has 1 N–H and O–H groups in total. The van der Waals surface area contributed by atoms with Crippen molar-refractivity contribution in [3.8, 4) is 11.3 Å². The molecule has 0 unspecified atom stereocenters. The van der Waals surface area contributed by atoms with Gasteiger partial charge in [0.05, 0.1) is 36.1 Å². The monoisotopic (exact) mass is 441 g/mol. The van der Waals surface area contributed by atoms with Gasteiger partial charge in [0.1, 0.15) is 0 Å². The molecule has 8 heteroatoms. The summed E-state index contributed by atoms with van der Waals surface area (Å²) in [6.07, 6.45) is 1.76. The fourth-order valence-corrected chi connectivity index (χ4v) is 5.06. The zero-order chi connectivity index (χ0) is 22.1. The first kappa shape index (κ1) is 21.9. The Labute approximate surface area is 187 Å². The lowest BCUT2D eigenvalue weighted by Crippen LogP contribution is -2.46. The molecule has 7 nitrogen and oxygen atoms in total. The van der Waals surface area contributed by atoms with Crippen LogP contribution in [0.1, 0.15) is 46.9 Å². The van der Waals surface area contributed by atoms with Crippen LogP contribution in [0.4, 0.5) is 0 Å². The van der Waals surface area contributed by atoms with Gasteiger partial charge in [0, 0.05) is 47.0 Å². The van der Waals surface area contributed by atoms with Gasteiger partial charge in [0.15, 0.2) is 5.65 Å². The standard InChI is InChI=1S/C23H31N5O2S/c1-14(2)28-22-20(12-24-28)19(11-21(26-22)18-10-16(4)31-17(18)5)23(29)25-15(3)13-27-6-8-30-9-7-27/h10-12,14-15H,6-9,13H2,1-5H3,(H,25,29)/t15-/m0/s1. The van der Waals surface area contributed by atoms with E-state index in [1.165, 1.54) is 9.75 Å². The van der Waals surface area contributed by atoms with Crippen molar-refractivity contribution in [1.82, 2.24) is 25.0 Å². The molecule has 3 aromatic heterocycles. The third-order valence-corrected chi connectivity index (χ3v) is 6.60. The van der Waals surface area contributed by atoms with Crippen LogP contribution in [0.2, 0.25) is 0 Å². The number of carbonyl (C=O) groups excluding carboxylic acids is 1. The van der Waals surface area contributed by atoms with Crippen LogP contribution in [0.15, 0.2) is 18.3 Å². The van der Waals surface area contributed by atoms with Crippen LogP contribution in [-0.2, 0) is 4.74 Å². The number of ether oxygens (including phenoxy) is 1. The van der Waals surface area contributed by atoms with Gasteiger partial charge < -0.3 is 10.1 Å². The summed E-state index contributed by atoms with van der Waals surface area (Å²) in [7, 11) is 0. The van der Waals surface area contributed by atoms with Gasteiger partial charge in [-0.2, -0.15) is 5.10 Å². The average molecular weight is 442 g/mol. The van der Waals surface area contributed by atoms with Crippen molar-refractivity contribution in [1.29, 1.82) is 0 Å². The summed E-state index contributed by atoms with van der Waals surface area (Å²) in [5.74, 6) is -0.0812. The highest BCUT2D eigenvalue weighted by Gasteiger charge is 2.22. The minimum absolute atomic E-state index is 0.0301. The molecule has 3 aromatic rings. The molecule has 0 aromatic carbocycles. The Balaban J connectivity index is 1.68. The van der Waals surface area contributed by atoms with E-state index in [1.807, 2.05) is 10.7 Å². The number of amides is 1. The summed E-state index contributed by atoms with van der Waals surface area (Å²) in [5.41, 5.74) is 3.28. The molecule has 0 spiro atoms. The van der Waals surface area contributed by atoms with E-state index in [-0.39, 0.29) is 18.0 Å². The summed E-state index contributed by atoms with van der Waals surface area (Å²) < 4.78 is 7.31. The molecule has 1 aliphatic heterocycles. The zero-order valence-corrected chi connectivity index (χ0v) is 19.8. The molecule has 4 rings (SSSR count). The van der Waals surface area contributed by atoms with Crippen molar-refractivity contribution in [3.63, 3.8) is 0 Å². The van der Waals surface area contributed by atoms with Crippen molar-refractivity contribution in [2.75, 3.05) is 32.8 Å². The van der Waals surface area contributed by atoms with Crippen LogP contribution < -0.4 is 5.32 Å². The highest BCUT2D eigenvalue weighted by atomic mass is 32.1. The third-order valence-electron chi connectivity index (χ3n) is 5.63. The maximum atomic E-state index is 13.3. The van der Waals surface area contributed by atoms with E-state index in [4.69, 9.17) is 9.72 Å². The number of carbonyl (C=O) groups is 1. The highest BCUT2D eigenvalue weighted by molar-refractivity contribution is 7.12. The second-order valence-corrected chi connectivity index (χ2v) is 10.1. The van der Waals surface area contributed by atoms with E-state index in [0.717, 1.165) is 55.1 Å². The number of aromatic nitrogens is 3. The number of thiophene rings is 1. The molecule has 4 heterocycles. The van der Waals surface area contributed by atoms with Gasteiger partial charge in [0.25, 0.3) is 5.91 Å². The van der Waals surface area contributed by atoms with Gasteiger partial charge in [-0.15, -0.1) is 11.3 Å². The molecule has 1 atom stereocenters. The average Bonchev–Trinajstić information content (AvgIpc) is 3.30. The SMILES string of the molecule is Cc1cc(-c2cc(C(=O)N[C@@H](C)CN3CCOCC3)c3cnn(C(C)C)c3n2)c(C)s1. The van der Waals surface area contributed by atoms with Crippen LogP contribution in [-0.4, -0.2) is 64.5 Å². The highest BCUT2D eigenvalue weighted by Crippen LogP contribution is 2.32. The van der Waals surface area contributed by atoms with Gasteiger partial charge in [-0.1, -0.05) is 0 Å². The largest absolute Gasteiger partial charge is 0.379 e. The van der Waals surface area contributed by atoms with Crippen molar-refractivity contribution in [2.24, 2.45) is 0 Å². The summed E-state index contributed by atoms with van der Waals surface area (Å²) in [5, 5.41) is 8.51. The third kappa shape index (κ3) is 4.66. The summed E-state index contributed by atoms with van der Waals surface area (Å²) >= 11 is 1.75. The summed E-state index contributed by atoms with van der Waals surface area (Å²) in [4.78, 5) is 23.0. The van der Waals surface area contributed by atoms with Crippen molar-refractivity contribution < 1.29 is 9.53 Å². The lowest BCUT2D eigenvalue weighted by molar-refractivity contribution is 0.0342. The number of fused-ring (bicyclic) bond motifs is 1. The molecule has 1 amide bonds. The molecule has 0 radical (unpaired) electrons. The fourth-order valence-electron chi connectivity index (χ4n) is 4.13. The van der Waals surface area contributed by atoms with Crippen molar-refractivity contribution >= 4 is 28.3 Å². The molecule has 0 aliphatic carbocycles. The lowest BCUT2D eigenvalue weighted by Gasteiger charge is -2.29. The maximum absolute atomic E-state index is 13.3. The first-order chi connectivity index (χ1) is 14.8. The van der Waals surface area contributed by atoms with Gasteiger partial charge in [-0.3, -0.25) is 9.69 Å². The van der Waals surface area contributed by atoms with Gasteiger partial charge >= 0.3 is 0 Å². The predicted molar refractivity (Wildman–Crippen MR) is 125 cm³/mol. The van der Waals surface area contributed by atoms with Gasteiger partial charge in [-0.25, -0.2) is 9.67 Å². The van der Waals surface area contributed by atoms with Crippen LogP contribution in [0.5, 0.6) is 0 Å². The summed E-state index contributed by atoms with van der Waals surface area (Å²) in [6.45, 7) is 14.5. The number of hydrogen-bond acceptors (Lipinski definition) is 6. The van der Waals surface area contributed by atoms with Crippen LogP contribution in [0.3, 0.4) is 0 Å². The minimum Gasteiger partial charge on any atom is -0.379 e. The molecule has 0 bridgehead atoms. The quantitative estimate of drug-likeness (QED) is 0.630. The number of nitrogens with one attached hydrogen (secondary N) is 1. The topological polar surface area (TPSA) is 72.3 Å². The second kappa shape index (κ2) is 9.06. The number of morpholine rings is 1. The number of pyridine rings is 1. The van der Waals surface area contributed by atoms with E-state index in [2.05, 4.69) is 56.0 Å². The minimum atomic E-state index is -0.0812. The molecule has 1 saturated heterocycles. The smallest absolute Gasteiger partial charge is 0.252 e. The van der Waals surface area contributed by atoms with E-state index in [9.17, 15) is 4.79 Å². The van der Waals surface area contributed by atoms with E-state index >= 15 is 0 Å². The van der Waals surface area contributed by atoms with Crippen LogP contribution in [0, 0.1) is 13.8 Å². The lowest BCUT2D eigenvalue weighted by atomic mass is 10.1. The number of hydrogen-bond donors (Lipinski definition) is 1. The molecule has 166 valence electrons. The predicted octanol–water partition coefficient (Wildman–Crippen LogP) is 3.81. The Morgan fingerprint density at radius 1 is 1.23 bits per heavy atom. The molecular weight excluding hydrogens is 410 g/mol. The second-order valence-electron chi connectivity index (χ2n) is 8.59. The number of nitrogens with zero attached hydrogens (tertiary/aromatic N) is 4. The van der Waals surface area contributed by atoms with Gasteiger partial charge in [-0.05, 0) is 46.8 Å². The Morgan fingerprint density at radius 2 is 1.97 bits per heavy atom. The Bertz CT molecular complexity index is 1080. The van der Waals surface area contributed by atoms with Gasteiger partial charge in [0.2, 0.25) is 0 Å². The number of aryl methyl sites for hydroxylation is 2. The van der Waals surface area contributed by atoms with E-state index in [1.54, 1.807) is 17.5 Å². The molecule has 1 aliphatic rings. The maximum Gasteiger partial charge on any atom is 0.252 e. The molecule has 0 saturated carbocycles. The van der Waals surface area contributed by atoms with Crippen molar-refractivity contribution in [3.05, 3.63) is 33.6 Å². The fraction of sp³-hybridized carbons (Fsp3) is 0.522. The van der Waals surface area contributed by atoms with E-state index < -0.39 is 0 Å². The van der Waals surface area contributed by atoms with E-state index in [0.29, 0.717) is 5.56 Å². The Kier molecular flexibility index (Phi) is 6.41. The zero-order valence-electron chi connectivity index (χ0n) is 18.9. The first-order valence-corrected chi connectivity index (χ1v) is 11.7. The van der Waals surface area contributed by atoms with Crippen molar-refractivity contribution in [2.45, 2.75) is 46.7 Å². The Morgan fingerprint density at radius 3 is 2.61 bits per heavy atom. The normalized spacial score (nSPS) is 16.2. The first-order valence-electron chi connectivity index (χ1n) is 10.9.